The number of aryl methyl sites for hydroxylation is 1. The third kappa shape index (κ3) is 3.75. The van der Waals surface area contributed by atoms with Crippen molar-refractivity contribution in [2.45, 2.75) is 6.92 Å². The number of phenolic OH excluding ortho intramolecular Hbond substituents is 1. The summed E-state index contributed by atoms with van der Waals surface area (Å²) in [6, 6.07) is 20.0. The maximum absolute atomic E-state index is 13.4. The van der Waals surface area contributed by atoms with E-state index in [1.807, 2.05) is 61.5 Å². The van der Waals surface area contributed by atoms with Crippen molar-refractivity contribution in [2.75, 3.05) is 0 Å². The molecule has 30 heavy (non-hydrogen) atoms. The molecule has 0 spiro atoms. The fourth-order valence-electron chi connectivity index (χ4n) is 3.41. The zero-order chi connectivity index (χ0) is 21.3. The molecule has 0 unspecified atom stereocenters. The number of hydrogen-bond acceptors (Lipinski definition) is 4. The van der Waals surface area contributed by atoms with Crippen LogP contribution in [0.5, 0.6) is 5.75 Å². The van der Waals surface area contributed by atoms with E-state index in [1.54, 1.807) is 12.1 Å². The number of hydrogen-bond donors (Lipinski definition) is 2. The first-order chi connectivity index (χ1) is 14.4. The minimum absolute atomic E-state index is 0.0568. The van der Waals surface area contributed by atoms with Crippen LogP contribution < -0.4 is 0 Å². The molecule has 4 nitrogen and oxygen atoms in total. The second-order valence-electron chi connectivity index (χ2n) is 6.92. The lowest BCUT2D eigenvalue weighted by molar-refractivity contribution is -0.131. The molecule has 3 aromatic carbocycles. The lowest BCUT2D eigenvalue weighted by Gasteiger charge is -2.08. The number of carboxylic acids is 1. The highest BCUT2D eigenvalue weighted by atomic mass is 32.1. The highest BCUT2D eigenvalue weighted by Crippen LogP contribution is 2.41. The summed E-state index contributed by atoms with van der Waals surface area (Å²) in [5.74, 6) is -0.910. The number of phenols is 1. The summed E-state index contributed by atoms with van der Waals surface area (Å²) in [6.45, 7) is 1.91. The van der Waals surface area contributed by atoms with E-state index in [0.29, 0.717) is 10.4 Å². The van der Waals surface area contributed by atoms with Gasteiger partial charge in [-0.05, 0) is 47.9 Å². The van der Waals surface area contributed by atoms with Crippen LogP contribution in [0.4, 0.5) is 0 Å². The number of aliphatic carboxylic acids is 1. The van der Waals surface area contributed by atoms with Crippen LogP contribution in [0.15, 0.2) is 72.8 Å². The van der Waals surface area contributed by atoms with Gasteiger partial charge in [0.05, 0.1) is 4.88 Å². The van der Waals surface area contributed by atoms with Crippen LogP contribution in [-0.2, 0) is 4.79 Å². The highest BCUT2D eigenvalue weighted by molar-refractivity contribution is 7.21. The molecule has 5 heteroatoms. The first-order valence-corrected chi connectivity index (χ1v) is 10.1. The third-order valence-electron chi connectivity index (χ3n) is 4.89. The molecule has 4 aromatic rings. The van der Waals surface area contributed by atoms with E-state index >= 15 is 0 Å². The van der Waals surface area contributed by atoms with Crippen molar-refractivity contribution in [1.29, 1.82) is 0 Å². The Morgan fingerprint density at radius 2 is 1.70 bits per heavy atom. The number of carboxylic acid groups (broad SMARTS) is 1. The summed E-state index contributed by atoms with van der Waals surface area (Å²) in [4.78, 5) is 24.8. The molecule has 0 fully saturated rings. The van der Waals surface area contributed by atoms with Crippen LogP contribution >= 0.6 is 11.3 Å². The number of benzene rings is 3. The molecule has 0 aliphatic heterocycles. The van der Waals surface area contributed by atoms with Crippen LogP contribution in [0.1, 0.15) is 26.4 Å². The normalized spacial score (nSPS) is 11.2. The van der Waals surface area contributed by atoms with Gasteiger partial charge in [-0.25, -0.2) is 4.79 Å². The van der Waals surface area contributed by atoms with Crippen LogP contribution in [-0.4, -0.2) is 22.0 Å². The smallest absolute Gasteiger partial charge is 0.328 e. The van der Waals surface area contributed by atoms with Crippen molar-refractivity contribution in [2.24, 2.45) is 0 Å². The molecule has 148 valence electrons. The predicted octanol–water partition coefficient (Wildman–Crippen LogP) is 5.91. The Morgan fingerprint density at radius 1 is 0.967 bits per heavy atom. The summed E-state index contributed by atoms with van der Waals surface area (Å²) >= 11 is 1.36. The molecule has 0 amide bonds. The molecule has 0 atom stereocenters. The van der Waals surface area contributed by atoms with Gasteiger partial charge in [0.15, 0.2) is 0 Å². The average molecular weight is 414 g/mol. The summed E-state index contributed by atoms with van der Waals surface area (Å²) < 4.78 is 0.830. The number of rotatable bonds is 5. The fourth-order valence-corrected chi connectivity index (χ4v) is 4.62. The summed E-state index contributed by atoms with van der Waals surface area (Å²) in [6.07, 6.45) is 2.61. The Kier molecular flexibility index (Phi) is 5.21. The van der Waals surface area contributed by atoms with E-state index in [-0.39, 0.29) is 11.5 Å². The standard InChI is InChI=1S/C25H18O4S/c1-15-4-2-3-5-19(15)24(29)25-23(20-12-11-18(26)14-21(20)30-25)17-9-6-16(7-10-17)8-13-22(27)28/h2-14,26H,1H3,(H,27,28)/b13-8+. The van der Waals surface area contributed by atoms with E-state index < -0.39 is 5.97 Å². The number of fused-ring (bicyclic) bond motifs is 1. The molecule has 0 radical (unpaired) electrons. The molecule has 0 aliphatic rings. The fraction of sp³-hybridized carbons (Fsp3) is 0.0400. The number of carbonyl (C=O) groups excluding carboxylic acids is 1. The largest absolute Gasteiger partial charge is 0.508 e. The molecule has 0 aliphatic carbocycles. The first-order valence-electron chi connectivity index (χ1n) is 9.31. The lowest BCUT2D eigenvalue weighted by atomic mass is 9.96. The minimum atomic E-state index is -1.01. The molecule has 4 rings (SSSR count). The minimum Gasteiger partial charge on any atom is -0.508 e. The van der Waals surface area contributed by atoms with Gasteiger partial charge in [0, 0.05) is 27.3 Å². The van der Waals surface area contributed by atoms with Gasteiger partial charge in [0.1, 0.15) is 5.75 Å². The van der Waals surface area contributed by atoms with Crippen molar-refractivity contribution in [1.82, 2.24) is 0 Å². The van der Waals surface area contributed by atoms with Gasteiger partial charge < -0.3 is 10.2 Å². The number of ketones is 1. The molecule has 0 saturated heterocycles. The van der Waals surface area contributed by atoms with Gasteiger partial charge in [0.25, 0.3) is 0 Å². The van der Waals surface area contributed by atoms with Crippen LogP contribution in [0, 0.1) is 6.92 Å². The third-order valence-corrected chi connectivity index (χ3v) is 6.04. The highest BCUT2D eigenvalue weighted by Gasteiger charge is 2.22. The second kappa shape index (κ2) is 7.97. The topological polar surface area (TPSA) is 74.6 Å². The van der Waals surface area contributed by atoms with E-state index in [0.717, 1.165) is 38.4 Å². The van der Waals surface area contributed by atoms with E-state index in [4.69, 9.17) is 5.11 Å². The Labute approximate surface area is 177 Å². The molecule has 0 saturated carbocycles. The van der Waals surface area contributed by atoms with Crippen LogP contribution in [0.25, 0.3) is 27.3 Å². The van der Waals surface area contributed by atoms with Crippen molar-refractivity contribution >= 4 is 39.3 Å². The quantitative estimate of drug-likeness (QED) is 0.314. The second-order valence-corrected chi connectivity index (χ2v) is 7.98. The first kappa shape index (κ1) is 19.6. The van der Waals surface area contributed by atoms with Gasteiger partial charge in [0.2, 0.25) is 5.78 Å². The van der Waals surface area contributed by atoms with Gasteiger partial charge in [-0.3, -0.25) is 4.79 Å². The van der Waals surface area contributed by atoms with E-state index in [2.05, 4.69) is 0 Å². The molecule has 1 heterocycles. The Balaban J connectivity index is 1.88. The number of thiophene rings is 1. The van der Waals surface area contributed by atoms with Crippen molar-refractivity contribution in [3.05, 3.63) is 94.4 Å². The lowest BCUT2D eigenvalue weighted by Crippen LogP contribution is -2.02. The molecule has 2 N–H and O–H groups in total. The van der Waals surface area contributed by atoms with E-state index in [1.165, 1.54) is 17.4 Å². The van der Waals surface area contributed by atoms with E-state index in [9.17, 15) is 14.7 Å². The van der Waals surface area contributed by atoms with Crippen molar-refractivity contribution in [3.8, 4) is 16.9 Å². The molecule has 0 bridgehead atoms. The number of aromatic hydroxyl groups is 1. The zero-order valence-corrected chi connectivity index (χ0v) is 16.9. The van der Waals surface area contributed by atoms with Gasteiger partial charge in [-0.1, -0.05) is 48.5 Å². The molecule has 1 aromatic heterocycles. The van der Waals surface area contributed by atoms with Gasteiger partial charge >= 0.3 is 5.97 Å². The Morgan fingerprint density at radius 3 is 2.40 bits per heavy atom. The zero-order valence-electron chi connectivity index (χ0n) is 16.1. The van der Waals surface area contributed by atoms with Crippen LogP contribution in [0.3, 0.4) is 0 Å². The average Bonchev–Trinajstić information content (AvgIpc) is 3.11. The molecular formula is C25H18O4S. The Bertz CT molecular complexity index is 1300. The SMILES string of the molecule is Cc1ccccc1C(=O)c1sc2cc(O)ccc2c1-c1ccc(/C=C/C(=O)O)cc1. The predicted molar refractivity (Wildman–Crippen MR) is 120 cm³/mol. The summed E-state index contributed by atoms with van der Waals surface area (Å²) in [7, 11) is 0. The van der Waals surface area contributed by atoms with Gasteiger partial charge in [-0.2, -0.15) is 0 Å². The summed E-state index contributed by atoms with van der Waals surface area (Å²) in [5.41, 5.74) is 3.98. The van der Waals surface area contributed by atoms with Crippen molar-refractivity contribution in [3.63, 3.8) is 0 Å². The Hall–Kier alpha value is -3.70. The molecular weight excluding hydrogens is 396 g/mol. The maximum atomic E-state index is 13.4. The maximum Gasteiger partial charge on any atom is 0.328 e. The number of carbonyl (C=O) groups is 2. The van der Waals surface area contributed by atoms with Gasteiger partial charge in [-0.15, -0.1) is 11.3 Å². The monoisotopic (exact) mass is 414 g/mol. The summed E-state index contributed by atoms with van der Waals surface area (Å²) in [5, 5.41) is 19.6. The van der Waals surface area contributed by atoms with Crippen LogP contribution in [0.2, 0.25) is 0 Å². The van der Waals surface area contributed by atoms with Crippen molar-refractivity contribution < 1.29 is 19.8 Å².